The molecular formula is C17H23N3O4S2. The minimum absolute atomic E-state index is 0.389. The van der Waals surface area contributed by atoms with Gasteiger partial charge in [-0.15, -0.1) is 5.10 Å². The van der Waals surface area contributed by atoms with Gasteiger partial charge in [-0.3, -0.25) is 10.00 Å². The third kappa shape index (κ3) is 5.43. The summed E-state index contributed by atoms with van der Waals surface area (Å²) in [6.07, 6.45) is 0.127. The molecule has 9 heteroatoms. The Morgan fingerprint density at radius 3 is 2.50 bits per heavy atom. The van der Waals surface area contributed by atoms with Gasteiger partial charge in [-0.1, -0.05) is 17.4 Å². The predicted molar refractivity (Wildman–Crippen MR) is 104 cm³/mol. The second-order valence-corrected chi connectivity index (χ2v) is 8.11. The summed E-state index contributed by atoms with van der Waals surface area (Å²) in [4.78, 5) is 14.1. The highest BCUT2D eigenvalue weighted by molar-refractivity contribution is 7.73. The second-order valence-electron chi connectivity index (χ2n) is 6.47. The molecule has 0 saturated carbocycles. The Morgan fingerprint density at radius 1 is 1.27 bits per heavy atom. The van der Waals surface area contributed by atoms with Crippen LogP contribution in [-0.4, -0.2) is 42.7 Å². The van der Waals surface area contributed by atoms with E-state index in [9.17, 15) is 4.79 Å². The first-order chi connectivity index (χ1) is 12.2. The van der Waals surface area contributed by atoms with Gasteiger partial charge in [-0.2, -0.15) is 0 Å². The minimum Gasteiger partial charge on any atom is -0.493 e. The number of rotatable bonds is 6. The van der Waals surface area contributed by atoms with Crippen molar-refractivity contribution in [2.45, 2.75) is 32.8 Å². The Labute approximate surface area is 161 Å². The summed E-state index contributed by atoms with van der Waals surface area (Å²) >= 11 is 6.31. The number of carbonyl (C=O) groups is 1. The summed E-state index contributed by atoms with van der Waals surface area (Å²) in [6.45, 7) is 5.86. The van der Waals surface area contributed by atoms with Gasteiger partial charge in [0.05, 0.1) is 14.2 Å². The summed E-state index contributed by atoms with van der Waals surface area (Å²) in [5, 5.41) is 7.28. The molecule has 2 aromatic rings. The van der Waals surface area contributed by atoms with E-state index >= 15 is 0 Å². The molecule has 0 saturated heterocycles. The molecule has 142 valence electrons. The number of methoxy groups -OCH3 is 2. The van der Waals surface area contributed by atoms with Crippen LogP contribution in [0.1, 0.15) is 26.3 Å². The number of carbonyl (C=O) groups excluding carboxylic acids is 1. The number of aromatic nitrogens is 2. The maximum atomic E-state index is 12.6. The lowest BCUT2D eigenvalue weighted by atomic mass is 10.1. The first-order valence-corrected chi connectivity index (χ1v) is 9.23. The van der Waals surface area contributed by atoms with Crippen LogP contribution in [0.4, 0.5) is 9.93 Å². The van der Waals surface area contributed by atoms with Gasteiger partial charge in [-0.05, 0) is 57.1 Å². The molecule has 0 radical (unpaired) electrons. The quantitative estimate of drug-likeness (QED) is 0.736. The fourth-order valence-electron chi connectivity index (χ4n) is 2.20. The molecule has 1 amide bonds. The molecule has 0 bridgehead atoms. The number of nitrogens with one attached hydrogen (secondary N) is 1. The average Bonchev–Trinajstić information content (AvgIpc) is 2.99. The molecule has 0 atom stereocenters. The van der Waals surface area contributed by atoms with Crippen LogP contribution in [0.3, 0.4) is 0 Å². The molecule has 0 aliphatic carbocycles. The Balaban J connectivity index is 2.19. The van der Waals surface area contributed by atoms with Gasteiger partial charge >= 0.3 is 6.09 Å². The lowest BCUT2D eigenvalue weighted by molar-refractivity contribution is 0.0580. The van der Waals surface area contributed by atoms with Crippen LogP contribution >= 0.6 is 23.6 Å². The normalized spacial score (nSPS) is 11.1. The molecule has 7 nitrogen and oxygen atoms in total. The fourth-order valence-corrected chi connectivity index (χ4v) is 3.09. The number of anilines is 1. The molecule has 0 aliphatic heterocycles. The van der Waals surface area contributed by atoms with Gasteiger partial charge < -0.3 is 14.2 Å². The minimum atomic E-state index is -0.601. The van der Waals surface area contributed by atoms with E-state index in [0.717, 1.165) is 5.56 Å². The van der Waals surface area contributed by atoms with Crippen LogP contribution in [0.5, 0.6) is 11.5 Å². The van der Waals surface area contributed by atoms with E-state index in [4.69, 9.17) is 26.4 Å². The summed E-state index contributed by atoms with van der Waals surface area (Å²) in [7, 11) is 3.18. The van der Waals surface area contributed by atoms with Crippen LogP contribution in [0.15, 0.2) is 18.2 Å². The van der Waals surface area contributed by atoms with Gasteiger partial charge in [-0.25, -0.2) is 4.79 Å². The molecule has 1 N–H and O–H groups in total. The molecule has 26 heavy (non-hydrogen) atoms. The average molecular weight is 398 g/mol. The van der Waals surface area contributed by atoms with E-state index in [1.807, 2.05) is 39.0 Å². The molecule has 1 aromatic heterocycles. The Bertz CT molecular complexity index is 811. The first kappa shape index (κ1) is 20.2. The van der Waals surface area contributed by atoms with Crippen molar-refractivity contribution in [3.63, 3.8) is 0 Å². The van der Waals surface area contributed by atoms with Gasteiger partial charge in [0.15, 0.2) is 15.5 Å². The largest absolute Gasteiger partial charge is 0.493 e. The highest BCUT2D eigenvalue weighted by Crippen LogP contribution is 2.28. The number of nitrogens with zero attached hydrogens (tertiary/aromatic N) is 2. The number of aromatic amines is 1. The zero-order valence-corrected chi connectivity index (χ0v) is 17.1. The lowest BCUT2D eigenvalue weighted by Crippen LogP contribution is -2.38. The van der Waals surface area contributed by atoms with Crippen molar-refractivity contribution < 1.29 is 19.0 Å². The highest BCUT2D eigenvalue weighted by atomic mass is 32.1. The molecule has 0 unspecified atom stereocenters. The zero-order chi connectivity index (χ0) is 19.3. The third-order valence-electron chi connectivity index (χ3n) is 3.34. The van der Waals surface area contributed by atoms with E-state index in [0.29, 0.717) is 33.6 Å². The van der Waals surface area contributed by atoms with Crippen molar-refractivity contribution in [3.05, 3.63) is 27.7 Å². The smallest absolute Gasteiger partial charge is 0.416 e. The standard InChI is InChI=1S/C17H23N3O4S2/c1-17(2,3)24-16(21)20(14-18-19-15(25)26-14)9-8-11-6-7-12(22-4)13(10-11)23-5/h6-7,10H,8-9H2,1-5H3,(H,19,25). The molecule has 1 heterocycles. The van der Waals surface area contributed by atoms with Crippen LogP contribution in [0.25, 0.3) is 0 Å². The van der Waals surface area contributed by atoms with Gasteiger partial charge in [0, 0.05) is 6.54 Å². The van der Waals surface area contributed by atoms with Gasteiger partial charge in [0.2, 0.25) is 5.13 Å². The molecule has 1 aromatic carbocycles. The van der Waals surface area contributed by atoms with Crippen LogP contribution < -0.4 is 14.4 Å². The maximum Gasteiger partial charge on any atom is 0.416 e. The number of amides is 1. The van der Waals surface area contributed by atoms with Crippen molar-refractivity contribution in [1.82, 2.24) is 10.2 Å². The van der Waals surface area contributed by atoms with E-state index in [-0.39, 0.29) is 0 Å². The number of benzene rings is 1. The Kier molecular flexibility index (Phi) is 6.60. The van der Waals surface area contributed by atoms with Crippen LogP contribution in [0.2, 0.25) is 0 Å². The number of hydrogen-bond acceptors (Lipinski definition) is 7. The van der Waals surface area contributed by atoms with Gasteiger partial charge in [0.25, 0.3) is 0 Å². The van der Waals surface area contributed by atoms with E-state index < -0.39 is 11.7 Å². The summed E-state index contributed by atoms with van der Waals surface area (Å²) in [6, 6.07) is 5.66. The van der Waals surface area contributed by atoms with Crippen LogP contribution in [-0.2, 0) is 11.2 Å². The first-order valence-electron chi connectivity index (χ1n) is 8.00. The lowest BCUT2D eigenvalue weighted by Gasteiger charge is -2.25. The topological polar surface area (TPSA) is 76.7 Å². The molecular weight excluding hydrogens is 374 g/mol. The summed E-state index contributed by atoms with van der Waals surface area (Å²) in [5.74, 6) is 1.30. The SMILES string of the molecule is COc1ccc(CCN(C(=O)OC(C)(C)C)c2n[nH]c(=S)s2)cc1OC. The third-order valence-corrected chi connectivity index (χ3v) is 4.46. The molecule has 0 aliphatic rings. The second kappa shape index (κ2) is 8.50. The number of ether oxygens (including phenoxy) is 3. The fraction of sp³-hybridized carbons (Fsp3) is 0.471. The van der Waals surface area contributed by atoms with Crippen molar-refractivity contribution in [2.75, 3.05) is 25.7 Å². The monoisotopic (exact) mass is 397 g/mol. The van der Waals surface area contributed by atoms with Gasteiger partial charge in [0.1, 0.15) is 5.60 Å². The van der Waals surface area contributed by atoms with Crippen LogP contribution in [0, 0.1) is 3.95 Å². The number of hydrogen-bond donors (Lipinski definition) is 1. The molecule has 0 spiro atoms. The Morgan fingerprint density at radius 2 is 1.96 bits per heavy atom. The molecule has 2 rings (SSSR count). The highest BCUT2D eigenvalue weighted by Gasteiger charge is 2.25. The maximum absolute atomic E-state index is 12.6. The van der Waals surface area contributed by atoms with Crippen molar-refractivity contribution in [3.8, 4) is 11.5 Å². The van der Waals surface area contributed by atoms with Crippen molar-refractivity contribution in [2.24, 2.45) is 0 Å². The predicted octanol–water partition coefficient (Wildman–Crippen LogP) is 4.20. The van der Waals surface area contributed by atoms with Crippen molar-refractivity contribution in [1.29, 1.82) is 0 Å². The van der Waals surface area contributed by atoms with Crippen molar-refractivity contribution >= 4 is 34.8 Å². The van der Waals surface area contributed by atoms with E-state index in [1.54, 1.807) is 14.2 Å². The summed E-state index contributed by atoms with van der Waals surface area (Å²) in [5.41, 5.74) is 0.395. The summed E-state index contributed by atoms with van der Waals surface area (Å²) < 4.78 is 16.6. The van der Waals surface area contributed by atoms with E-state index in [1.165, 1.54) is 16.2 Å². The number of H-pyrrole nitrogens is 1. The zero-order valence-electron chi connectivity index (χ0n) is 15.5. The molecule has 0 fully saturated rings. The van der Waals surface area contributed by atoms with E-state index in [2.05, 4.69) is 10.2 Å². The Hall–Kier alpha value is -2.13.